The molecule has 0 aliphatic heterocycles. The SMILES string of the molecule is NC(=O)C(CCS)NC(=O)CCS. The zero-order chi connectivity index (χ0) is 10.3. The van der Waals surface area contributed by atoms with Crippen molar-refractivity contribution < 1.29 is 9.59 Å². The molecule has 0 spiro atoms. The highest BCUT2D eigenvalue weighted by atomic mass is 32.1. The van der Waals surface area contributed by atoms with Crippen LogP contribution < -0.4 is 11.1 Å². The third-order valence-electron chi connectivity index (χ3n) is 1.44. The lowest BCUT2D eigenvalue weighted by atomic mass is 10.2. The molecule has 0 aromatic rings. The van der Waals surface area contributed by atoms with Gasteiger partial charge in [-0.3, -0.25) is 9.59 Å². The normalized spacial score (nSPS) is 12.2. The highest BCUT2D eigenvalue weighted by molar-refractivity contribution is 7.80. The van der Waals surface area contributed by atoms with Crippen LogP contribution >= 0.6 is 25.3 Å². The lowest BCUT2D eigenvalue weighted by molar-refractivity contribution is -0.127. The first-order valence-electron chi connectivity index (χ1n) is 3.92. The largest absolute Gasteiger partial charge is 0.368 e. The molecule has 0 aliphatic rings. The van der Waals surface area contributed by atoms with Crippen LogP contribution in [0.15, 0.2) is 0 Å². The number of hydrogen-bond donors (Lipinski definition) is 4. The van der Waals surface area contributed by atoms with Gasteiger partial charge in [-0.1, -0.05) is 0 Å². The topological polar surface area (TPSA) is 72.2 Å². The van der Waals surface area contributed by atoms with E-state index in [1.807, 2.05) is 0 Å². The van der Waals surface area contributed by atoms with E-state index >= 15 is 0 Å². The number of primary amides is 1. The number of thiol groups is 2. The van der Waals surface area contributed by atoms with Gasteiger partial charge in [-0.25, -0.2) is 0 Å². The molecule has 0 fully saturated rings. The van der Waals surface area contributed by atoms with Crippen molar-refractivity contribution >= 4 is 37.1 Å². The Bertz CT molecular complexity index is 187. The van der Waals surface area contributed by atoms with Gasteiger partial charge in [-0.05, 0) is 17.9 Å². The zero-order valence-electron chi connectivity index (χ0n) is 7.19. The van der Waals surface area contributed by atoms with E-state index in [9.17, 15) is 9.59 Å². The highest BCUT2D eigenvalue weighted by Crippen LogP contribution is 1.95. The van der Waals surface area contributed by atoms with Gasteiger partial charge in [0.15, 0.2) is 0 Å². The summed E-state index contributed by atoms with van der Waals surface area (Å²) in [6.07, 6.45) is 0.746. The van der Waals surface area contributed by atoms with Gasteiger partial charge in [-0.15, -0.1) is 0 Å². The highest BCUT2D eigenvalue weighted by Gasteiger charge is 2.15. The molecule has 1 atom stereocenters. The molecule has 0 aliphatic carbocycles. The molecule has 0 heterocycles. The molecule has 76 valence electrons. The van der Waals surface area contributed by atoms with Crippen LogP contribution in [0.4, 0.5) is 0 Å². The van der Waals surface area contributed by atoms with Crippen molar-refractivity contribution in [3.05, 3.63) is 0 Å². The van der Waals surface area contributed by atoms with E-state index in [0.29, 0.717) is 24.3 Å². The fraction of sp³-hybridized carbons (Fsp3) is 0.714. The van der Waals surface area contributed by atoms with Crippen molar-refractivity contribution in [3.63, 3.8) is 0 Å². The maximum Gasteiger partial charge on any atom is 0.240 e. The minimum atomic E-state index is -0.607. The van der Waals surface area contributed by atoms with Crippen molar-refractivity contribution in [2.75, 3.05) is 11.5 Å². The summed E-state index contributed by atoms with van der Waals surface area (Å²) in [5.41, 5.74) is 5.06. The molecule has 0 saturated carbocycles. The van der Waals surface area contributed by atoms with E-state index in [0.717, 1.165) is 0 Å². The Morgan fingerprint density at radius 1 is 1.31 bits per heavy atom. The molecule has 0 bridgehead atoms. The molecular weight excluding hydrogens is 208 g/mol. The molecule has 6 heteroatoms. The van der Waals surface area contributed by atoms with E-state index in [1.165, 1.54) is 0 Å². The lowest BCUT2D eigenvalue weighted by Crippen LogP contribution is -2.44. The van der Waals surface area contributed by atoms with Crippen LogP contribution in [-0.4, -0.2) is 29.4 Å². The van der Waals surface area contributed by atoms with Crippen molar-refractivity contribution in [2.45, 2.75) is 18.9 Å². The summed E-state index contributed by atoms with van der Waals surface area (Å²) < 4.78 is 0. The van der Waals surface area contributed by atoms with Gasteiger partial charge in [0, 0.05) is 6.42 Å². The average Bonchev–Trinajstić information content (AvgIpc) is 2.04. The average molecular weight is 222 g/mol. The van der Waals surface area contributed by atoms with E-state index in [-0.39, 0.29) is 5.91 Å². The Labute approximate surface area is 88.5 Å². The molecule has 13 heavy (non-hydrogen) atoms. The summed E-state index contributed by atoms with van der Waals surface area (Å²) in [6, 6.07) is -0.607. The second-order valence-electron chi connectivity index (χ2n) is 2.51. The van der Waals surface area contributed by atoms with Crippen LogP contribution in [0.1, 0.15) is 12.8 Å². The Morgan fingerprint density at radius 2 is 1.92 bits per heavy atom. The van der Waals surface area contributed by atoms with Gasteiger partial charge in [0.1, 0.15) is 6.04 Å². The van der Waals surface area contributed by atoms with Crippen LogP contribution in [0.25, 0.3) is 0 Å². The molecule has 0 rings (SSSR count). The number of carbonyl (C=O) groups is 2. The number of nitrogens with one attached hydrogen (secondary N) is 1. The molecular formula is C7H14N2O2S2. The molecule has 3 N–H and O–H groups in total. The summed E-state index contributed by atoms with van der Waals surface area (Å²) in [4.78, 5) is 21.8. The lowest BCUT2D eigenvalue weighted by Gasteiger charge is -2.13. The summed E-state index contributed by atoms with van der Waals surface area (Å²) in [5.74, 6) is 0.231. The van der Waals surface area contributed by atoms with E-state index in [2.05, 4.69) is 30.6 Å². The van der Waals surface area contributed by atoms with Crippen LogP contribution in [0, 0.1) is 0 Å². The second kappa shape index (κ2) is 7.08. The van der Waals surface area contributed by atoms with Crippen LogP contribution in [-0.2, 0) is 9.59 Å². The first-order valence-corrected chi connectivity index (χ1v) is 5.18. The van der Waals surface area contributed by atoms with Gasteiger partial charge < -0.3 is 11.1 Å². The first kappa shape index (κ1) is 12.6. The van der Waals surface area contributed by atoms with Crippen molar-refractivity contribution in [2.24, 2.45) is 5.73 Å². The summed E-state index contributed by atoms with van der Waals surface area (Å²) in [7, 11) is 0. The van der Waals surface area contributed by atoms with Crippen LogP contribution in [0.2, 0.25) is 0 Å². The Balaban J connectivity index is 3.94. The first-order chi connectivity index (χ1) is 6.11. The van der Waals surface area contributed by atoms with Crippen LogP contribution in [0.5, 0.6) is 0 Å². The summed E-state index contributed by atoms with van der Waals surface area (Å²) in [5, 5.41) is 2.51. The van der Waals surface area contributed by atoms with Crippen LogP contribution in [0.3, 0.4) is 0 Å². The smallest absolute Gasteiger partial charge is 0.240 e. The number of amides is 2. The maximum absolute atomic E-state index is 11.0. The standard InChI is InChI=1S/C7H14N2O2S2/c8-7(11)5(1-3-12)9-6(10)2-4-13/h5,12-13H,1-4H2,(H2,8,11)(H,9,10). The van der Waals surface area contributed by atoms with Gasteiger partial charge >= 0.3 is 0 Å². The molecule has 0 aromatic carbocycles. The predicted octanol–water partition coefficient (Wildman–Crippen LogP) is -0.404. The second-order valence-corrected chi connectivity index (χ2v) is 3.40. The minimum absolute atomic E-state index is 0.208. The molecule has 1 unspecified atom stereocenters. The number of carbonyl (C=O) groups excluding carboxylic acids is 2. The van der Waals surface area contributed by atoms with E-state index < -0.39 is 11.9 Å². The minimum Gasteiger partial charge on any atom is -0.368 e. The van der Waals surface area contributed by atoms with E-state index in [4.69, 9.17) is 5.73 Å². The fourth-order valence-corrected chi connectivity index (χ4v) is 1.24. The fourth-order valence-electron chi connectivity index (χ4n) is 0.783. The number of nitrogens with two attached hydrogens (primary N) is 1. The quantitative estimate of drug-likeness (QED) is 0.462. The molecule has 0 saturated heterocycles. The zero-order valence-corrected chi connectivity index (χ0v) is 8.98. The monoisotopic (exact) mass is 222 g/mol. The van der Waals surface area contributed by atoms with Crippen molar-refractivity contribution in [3.8, 4) is 0 Å². The number of rotatable bonds is 6. The van der Waals surface area contributed by atoms with Crippen molar-refractivity contribution in [1.29, 1.82) is 0 Å². The van der Waals surface area contributed by atoms with E-state index in [1.54, 1.807) is 0 Å². The van der Waals surface area contributed by atoms with Gasteiger partial charge in [0.25, 0.3) is 0 Å². The predicted molar refractivity (Wildman–Crippen MR) is 58.1 cm³/mol. The Morgan fingerprint density at radius 3 is 2.31 bits per heavy atom. The van der Waals surface area contributed by atoms with Gasteiger partial charge in [0.2, 0.25) is 11.8 Å². The molecule has 0 radical (unpaired) electrons. The van der Waals surface area contributed by atoms with Crippen molar-refractivity contribution in [1.82, 2.24) is 5.32 Å². The third kappa shape index (κ3) is 5.81. The Kier molecular flexibility index (Phi) is 6.89. The van der Waals surface area contributed by atoms with Gasteiger partial charge in [0.05, 0.1) is 0 Å². The molecule has 4 nitrogen and oxygen atoms in total. The summed E-state index contributed by atoms with van der Waals surface area (Å²) >= 11 is 7.85. The third-order valence-corrected chi connectivity index (χ3v) is 1.92. The Hall–Kier alpha value is -0.360. The van der Waals surface area contributed by atoms with Gasteiger partial charge in [-0.2, -0.15) is 25.3 Å². The molecule has 0 aromatic heterocycles. The number of hydrogen-bond acceptors (Lipinski definition) is 4. The maximum atomic E-state index is 11.0. The molecule has 2 amide bonds. The summed E-state index contributed by atoms with van der Waals surface area (Å²) in [6.45, 7) is 0.